The van der Waals surface area contributed by atoms with Gasteiger partial charge in [-0.1, -0.05) is 29.0 Å². The van der Waals surface area contributed by atoms with Crippen molar-refractivity contribution in [1.29, 1.82) is 0 Å². The number of carbonyl (C=O) groups is 1. The van der Waals surface area contributed by atoms with Gasteiger partial charge in [0.25, 0.3) is 0 Å². The van der Waals surface area contributed by atoms with Gasteiger partial charge in [-0.15, -0.1) is 0 Å². The van der Waals surface area contributed by atoms with Gasteiger partial charge in [-0.25, -0.2) is 13.8 Å². The van der Waals surface area contributed by atoms with E-state index in [2.05, 4.69) is 17.1 Å². The summed E-state index contributed by atoms with van der Waals surface area (Å²) in [6.07, 6.45) is 0.234. The van der Waals surface area contributed by atoms with E-state index in [0.29, 0.717) is 22.9 Å². The van der Waals surface area contributed by atoms with Crippen molar-refractivity contribution in [2.45, 2.75) is 27.2 Å². The van der Waals surface area contributed by atoms with Crippen LogP contribution >= 0.6 is 11.3 Å². The third-order valence-corrected chi connectivity index (χ3v) is 5.90. The Bertz CT molecular complexity index is 1040. The van der Waals surface area contributed by atoms with E-state index in [1.807, 2.05) is 39.8 Å². The molecule has 1 heterocycles. The monoisotopic (exact) mass is 417 g/mol. The molecular formula is C22H25F2N3OS. The molecule has 0 saturated heterocycles. The number of rotatable bonds is 6. The maximum Gasteiger partial charge on any atom is 0.233 e. The molecule has 2 aromatic carbocycles. The second-order valence-corrected chi connectivity index (χ2v) is 8.64. The summed E-state index contributed by atoms with van der Waals surface area (Å²) in [5, 5.41) is 0.388. The van der Waals surface area contributed by atoms with Crippen molar-refractivity contribution in [2.24, 2.45) is 0 Å². The topological polar surface area (TPSA) is 36.4 Å². The number of anilines is 1. The lowest BCUT2D eigenvalue weighted by Gasteiger charge is -2.23. The van der Waals surface area contributed by atoms with E-state index in [4.69, 9.17) is 0 Å². The van der Waals surface area contributed by atoms with Gasteiger partial charge in [0.05, 0.1) is 11.1 Å². The summed E-state index contributed by atoms with van der Waals surface area (Å²) in [4.78, 5) is 21.1. The number of benzene rings is 2. The summed E-state index contributed by atoms with van der Waals surface area (Å²) in [6.45, 7) is 7.08. The van der Waals surface area contributed by atoms with Crippen LogP contribution in [0.2, 0.25) is 0 Å². The van der Waals surface area contributed by atoms with Crippen molar-refractivity contribution in [3.63, 3.8) is 0 Å². The van der Waals surface area contributed by atoms with E-state index in [1.165, 1.54) is 6.07 Å². The van der Waals surface area contributed by atoms with Crippen LogP contribution in [0.1, 0.15) is 22.3 Å². The lowest BCUT2D eigenvalue weighted by molar-refractivity contribution is -0.118. The predicted octanol–water partition coefficient (Wildman–Crippen LogP) is 4.64. The normalized spacial score (nSPS) is 11.4. The number of amides is 1. The van der Waals surface area contributed by atoms with Crippen LogP contribution in [0.15, 0.2) is 24.3 Å². The van der Waals surface area contributed by atoms with Gasteiger partial charge in [-0.3, -0.25) is 9.69 Å². The molecule has 3 rings (SSSR count). The molecule has 0 saturated carbocycles. The number of thiazole rings is 1. The number of likely N-dealkylation sites (N-methyl/N-ethyl adjacent to an activating group) is 1. The minimum Gasteiger partial charge on any atom is -0.308 e. The molecular weight excluding hydrogens is 392 g/mol. The molecule has 3 aromatic rings. The number of aryl methyl sites for hydroxylation is 3. The van der Waals surface area contributed by atoms with Crippen molar-refractivity contribution in [1.82, 2.24) is 9.88 Å². The molecule has 0 fully saturated rings. The van der Waals surface area contributed by atoms with Crippen LogP contribution in [0.5, 0.6) is 0 Å². The molecule has 0 radical (unpaired) electrons. The van der Waals surface area contributed by atoms with Gasteiger partial charge >= 0.3 is 0 Å². The highest BCUT2D eigenvalue weighted by atomic mass is 32.1. The summed E-state index contributed by atoms with van der Waals surface area (Å²) >= 11 is 1.13. The standard InChI is InChI=1S/C22H25F2N3OS/c1-13-8-14(2)17(15(3)9-13)12-20(28)27(7-6-26(4)5)22-25-21-18(24)10-16(23)11-19(21)29-22/h8-11H,6-7,12H2,1-5H3. The molecule has 0 atom stereocenters. The van der Waals surface area contributed by atoms with Crippen molar-refractivity contribution in [3.05, 3.63) is 58.2 Å². The van der Waals surface area contributed by atoms with E-state index in [0.717, 1.165) is 39.7 Å². The summed E-state index contributed by atoms with van der Waals surface area (Å²) in [6, 6.07) is 6.20. The quantitative estimate of drug-likeness (QED) is 0.586. The molecule has 7 heteroatoms. The average Bonchev–Trinajstić information content (AvgIpc) is 3.01. The van der Waals surface area contributed by atoms with Crippen LogP contribution < -0.4 is 4.90 Å². The number of fused-ring (bicyclic) bond motifs is 1. The molecule has 0 bridgehead atoms. The van der Waals surface area contributed by atoms with Gasteiger partial charge in [0.15, 0.2) is 10.9 Å². The first-order chi connectivity index (χ1) is 13.7. The van der Waals surface area contributed by atoms with Crippen molar-refractivity contribution >= 4 is 32.6 Å². The Balaban J connectivity index is 1.97. The van der Waals surface area contributed by atoms with Crippen molar-refractivity contribution in [2.75, 3.05) is 32.1 Å². The van der Waals surface area contributed by atoms with E-state index in [1.54, 1.807) is 4.90 Å². The highest BCUT2D eigenvalue weighted by Gasteiger charge is 2.22. The molecule has 154 valence electrons. The first kappa shape index (κ1) is 21.3. The highest BCUT2D eigenvalue weighted by molar-refractivity contribution is 7.22. The molecule has 1 amide bonds. The second kappa shape index (κ2) is 8.55. The maximum atomic E-state index is 14.1. The Morgan fingerprint density at radius 2 is 1.69 bits per heavy atom. The zero-order valence-electron chi connectivity index (χ0n) is 17.3. The number of hydrogen-bond donors (Lipinski definition) is 0. The van der Waals surface area contributed by atoms with Gasteiger partial charge < -0.3 is 4.90 Å². The van der Waals surface area contributed by atoms with E-state index >= 15 is 0 Å². The fraction of sp³-hybridized carbons (Fsp3) is 0.364. The summed E-state index contributed by atoms with van der Waals surface area (Å²) in [5.41, 5.74) is 4.39. The third-order valence-electron chi connectivity index (χ3n) is 4.87. The Morgan fingerprint density at radius 1 is 1.03 bits per heavy atom. The van der Waals surface area contributed by atoms with Crippen molar-refractivity contribution < 1.29 is 13.6 Å². The zero-order chi connectivity index (χ0) is 21.3. The SMILES string of the molecule is Cc1cc(C)c(CC(=O)N(CCN(C)C)c2nc3c(F)cc(F)cc3s2)c(C)c1. The van der Waals surface area contributed by atoms with Crippen LogP contribution in [-0.4, -0.2) is 43.0 Å². The largest absolute Gasteiger partial charge is 0.308 e. The molecule has 0 aliphatic heterocycles. The minimum absolute atomic E-state index is 0.0942. The fourth-order valence-corrected chi connectivity index (χ4v) is 4.47. The van der Waals surface area contributed by atoms with Gasteiger partial charge in [-0.05, 0) is 57.6 Å². The zero-order valence-corrected chi connectivity index (χ0v) is 18.2. The van der Waals surface area contributed by atoms with Crippen LogP contribution in [0, 0.1) is 32.4 Å². The van der Waals surface area contributed by atoms with E-state index in [-0.39, 0.29) is 17.8 Å². The molecule has 0 aliphatic rings. The lowest BCUT2D eigenvalue weighted by atomic mass is 9.97. The first-order valence-corrected chi connectivity index (χ1v) is 10.2. The molecule has 1 aromatic heterocycles. The smallest absolute Gasteiger partial charge is 0.233 e. The van der Waals surface area contributed by atoms with Gasteiger partial charge in [0.2, 0.25) is 5.91 Å². The number of carbonyl (C=O) groups excluding carboxylic acids is 1. The predicted molar refractivity (Wildman–Crippen MR) is 115 cm³/mol. The number of aromatic nitrogens is 1. The molecule has 4 nitrogen and oxygen atoms in total. The number of nitrogens with zero attached hydrogens (tertiary/aromatic N) is 3. The van der Waals surface area contributed by atoms with E-state index < -0.39 is 11.6 Å². The van der Waals surface area contributed by atoms with Crippen molar-refractivity contribution in [3.8, 4) is 0 Å². The number of halogens is 2. The molecule has 29 heavy (non-hydrogen) atoms. The lowest BCUT2D eigenvalue weighted by Crippen LogP contribution is -2.37. The average molecular weight is 418 g/mol. The van der Waals surface area contributed by atoms with Gasteiger partial charge in [0.1, 0.15) is 11.3 Å². The Labute approximate surface area is 173 Å². The minimum atomic E-state index is -0.715. The van der Waals surface area contributed by atoms with Crippen LogP contribution in [0.25, 0.3) is 10.2 Å². The second-order valence-electron chi connectivity index (χ2n) is 7.63. The summed E-state index contributed by atoms with van der Waals surface area (Å²) in [5.74, 6) is -1.48. The third kappa shape index (κ3) is 4.79. The van der Waals surface area contributed by atoms with Crippen LogP contribution in [-0.2, 0) is 11.2 Å². The molecule has 0 N–H and O–H groups in total. The Kier molecular flexibility index (Phi) is 6.29. The number of hydrogen-bond acceptors (Lipinski definition) is 4. The van der Waals surface area contributed by atoms with Crippen LogP contribution in [0.4, 0.5) is 13.9 Å². The molecule has 0 spiro atoms. The maximum absolute atomic E-state index is 14.1. The van der Waals surface area contributed by atoms with Gasteiger partial charge in [0, 0.05) is 19.2 Å². The Hall–Kier alpha value is -2.38. The summed E-state index contributed by atoms with van der Waals surface area (Å²) < 4.78 is 28.1. The van der Waals surface area contributed by atoms with Crippen LogP contribution in [0.3, 0.4) is 0 Å². The summed E-state index contributed by atoms with van der Waals surface area (Å²) in [7, 11) is 3.84. The Morgan fingerprint density at radius 3 is 2.31 bits per heavy atom. The highest BCUT2D eigenvalue weighted by Crippen LogP contribution is 2.31. The van der Waals surface area contributed by atoms with E-state index in [9.17, 15) is 13.6 Å². The molecule has 0 aliphatic carbocycles. The van der Waals surface area contributed by atoms with Gasteiger partial charge in [-0.2, -0.15) is 0 Å². The first-order valence-electron chi connectivity index (χ1n) is 9.43. The fourth-order valence-electron chi connectivity index (χ4n) is 3.42. The molecule has 0 unspecified atom stereocenters.